The third-order valence-electron chi connectivity index (χ3n) is 2.57. The van der Waals surface area contributed by atoms with Gasteiger partial charge in [0.05, 0.1) is 0 Å². The van der Waals surface area contributed by atoms with Gasteiger partial charge < -0.3 is 5.11 Å². The van der Waals surface area contributed by atoms with Gasteiger partial charge in [-0.2, -0.15) is 11.8 Å². The first-order chi connectivity index (χ1) is 8.49. The number of carbonyl (C=O) groups is 1. The Labute approximate surface area is 113 Å². The van der Waals surface area contributed by atoms with E-state index in [1.165, 1.54) is 5.56 Å². The van der Waals surface area contributed by atoms with Crippen molar-refractivity contribution in [1.29, 1.82) is 0 Å². The average molecular weight is 267 g/mol. The fourth-order valence-corrected chi connectivity index (χ4v) is 2.29. The van der Waals surface area contributed by atoms with E-state index in [0.717, 1.165) is 5.56 Å². The highest BCUT2D eigenvalue weighted by atomic mass is 32.2. The van der Waals surface area contributed by atoms with E-state index in [9.17, 15) is 4.79 Å². The molecule has 0 spiro atoms. The average Bonchev–Trinajstić information content (AvgIpc) is 2.30. The topological polar surface area (TPSA) is 49.3 Å². The Balaban J connectivity index is 2.46. The largest absolute Gasteiger partial charge is 0.480 e. The molecule has 0 amide bonds. The van der Waals surface area contributed by atoms with Gasteiger partial charge in [0.1, 0.15) is 6.04 Å². The number of nitrogens with one attached hydrogen (secondary N) is 1. The first-order valence-electron chi connectivity index (χ1n) is 6.12. The van der Waals surface area contributed by atoms with Gasteiger partial charge in [-0.25, -0.2) is 0 Å². The summed E-state index contributed by atoms with van der Waals surface area (Å²) in [6.07, 6.45) is 0. The van der Waals surface area contributed by atoms with Crippen LogP contribution in [0.25, 0.3) is 0 Å². The molecule has 0 aliphatic rings. The van der Waals surface area contributed by atoms with Crippen molar-refractivity contribution in [2.75, 3.05) is 5.75 Å². The van der Waals surface area contributed by atoms with Gasteiger partial charge in [-0.15, -0.1) is 0 Å². The van der Waals surface area contributed by atoms with Gasteiger partial charge in [-0.05, 0) is 17.7 Å². The molecule has 0 bridgehead atoms. The Hall–Kier alpha value is -1.00. The predicted molar refractivity (Wildman–Crippen MR) is 77.0 cm³/mol. The number of aliphatic carboxylic acids is 1. The fraction of sp³-hybridized carbons (Fsp3) is 0.500. The second-order valence-electron chi connectivity index (χ2n) is 4.64. The molecule has 0 heterocycles. The zero-order valence-electron chi connectivity index (χ0n) is 11.1. The van der Waals surface area contributed by atoms with Crippen molar-refractivity contribution < 1.29 is 9.90 Å². The molecule has 0 aromatic heterocycles. The van der Waals surface area contributed by atoms with Crippen LogP contribution < -0.4 is 5.32 Å². The summed E-state index contributed by atoms with van der Waals surface area (Å²) in [4.78, 5) is 11.1. The summed E-state index contributed by atoms with van der Waals surface area (Å²) in [5, 5.41) is 12.7. The van der Waals surface area contributed by atoms with Crippen LogP contribution in [0.3, 0.4) is 0 Å². The number of aryl methyl sites for hydroxylation is 1. The van der Waals surface area contributed by atoms with Crippen molar-refractivity contribution in [1.82, 2.24) is 5.32 Å². The highest BCUT2D eigenvalue weighted by Crippen LogP contribution is 2.11. The van der Waals surface area contributed by atoms with Gasteiger partial charge in [-0.1, -0.05) is 43.7 Å². The second-order valence-corrected chi connectivity index (χ2v) is 6.25. The van der Waals surface area contributed by atoms with Crippen LogP contribution in [0, 0.1) is 6.92 Å². The van der Waals surface area contributed by atoms with Crippen molar-refractivity contribution in [3.05, 3.63) is 35.4 Å². The maximum absolute atomic E-state index is 11.1. The van der Waals surface area contributed by atoms with Crippen molar-refractivity contribution in [3.63, 3.8) is 0 Å². The summed E-state index contributed by atoms with van der Waals surface area (Å²) < 4.78 is 0. The lowest BCUT2D eigenvalue weighted by atomic mass is 10.1. The number of benzene rings is 1. The Morgan fingerprint density at radius 2 is 1.94 bits per heavy atom. The smallest absolute Gasteiger partial charge is 0.321 e. The molecule has 18 heavy (non-hydrogen) atoms. The molecular formula is C14H21NO2S. The monoisotopic (exact) mass is 267 g/mol. The summed E-state index contributed by atoms with van der Waals surface area (Å²) in [6, 6.07) is 7.64. The first-order valence-corrected chi connectivity index (χ1v) is 7.17. The van der Waals surface area contributed by atoms with E-state index >= 15 is 0 Å². The molecule has 0 saturated heterocycles. The van der Waals surface area contributed by atoms with E-state index < -0.39 is 12.0 Å². The van der Waals surface area contributed by atoms with Crippen LogP contribution in [-0.4, -0.2) is 28.1 Å². The van der Waals surface area contributed by atoms with Crippen molar-refractivity contribution in [2.45, 2.75) is 38.6 Å². The van der Waals surface area contributed by atoms with E-state index in [4.69, 9.17) is 5.11 Å². The number of carboxylic acids is 1. The molecule has 0 saturated carbocycles. The minimum absolute atomic E-state index is 0.452. The van der Waals surface area contributed by atoms with Gasteiger partial charge >= 0.3 is 5.97 Å². The molecule has 0 fully saturated rings. The number of rotatable bonds is 7. The van der Waals surface area contributed by atoms with Crippen molar-refractivity contribution in [2.24, 2.45) is 0 Å². The molecule has 1 rings (SSSR count). The minimum atomic E-state index is -0.782. The van der Waals surface area contributed by atoms with Crippen LogP contribution in [0.4, 0.5) is 0 Å². The lowest BCUT2D eigenvalue weighted by Crippen LogP contribution is -2.38. The molecule has 3 nitrogen and oxygen atoms in total. The van der Waals surface area contributed by atoms with Gasteiger partial charge in [0.25, 0.3) is 0 Å². The van der Waals surface area contributed by atoms with E-state index in [0.29, 0.717) is 17.5 Å². The Kier molecular flexibility index (Phi) is 6.22. The molecule has 0 aliphatic heterocycles. The zero-order valence-corrected chi connectivity index (χ0v) is 12.0. The molecule has 100 valence electrons. The summed E-state index contributed by atoms with van der Waals surface area (Å²) in [6.45, 7) is 6.78. The molecule has 1 aromatic rings. The Bertz CT molecular complexity index is 376. The Morgan fingerprint density at radius 1 is 1.33 bits per heavy atom. The quantitative estimate of drug-likeness (QED) is 0.797. The second kappa shape index (κ2) is 7.44. The van der Waals surface area contributed by atoms with E-state index in [1.807, 2.05) is 31.2 Å². The highest BCUT2D eigenvalue weighted by Gasteiger charge is 2.17. The van der Waals surface area contributed by atoms with Gasteiger partial charge in [-0.3, -0.25) is 10.1 Å². The third kappa shape index (κ3) is 5.56. The molecular weight excluding hydrogens is 246 g/mol. The van der Waals surface area contributed by atoms with E-state index in [-0.39, 0.29) is 0 Å². The molecule has 1 atom stereocenters. The summed E-state index contributed by atoms with van der Waals surface area (Å²) in [5.74, 6) is -0.186. The molecule has 1 aromatic carbocycles. The minimum Gasteiger partial charge on any atom is -0.480 e. The molecule has 0 radical (unpaired) electrons. The maximum Gasteiger partial charge on any atom is 0.321 e. The number of thioether (sulfide) groups is 1. The van der Waals surface area contributed by atoms with Gasteiger partial charge in [0.2, 0.25) is 0 Å². The zero-order chi connectivity index (χ0) is 13.5. The lowest BCUT2D eigenvalue weighted by molar-refractivity contribution is -0.138. The first kappa shape index (κ1) is 15.1. The van der Waals surface area contributed by atoms with Crippen molar-refractivity contribution >= 4 is 17.7 Å². The SMILES string of the molecule is Cc1ccc(CN[C@@H](CSC(C)C)C(=O)O)cc1. The van der Waals surface area contributed by atoms with Crippen LogP contribution in [0.5, 0.6) is 0 Å². The molecule has 0 aliphatic carbocycles. The van der Waals surface area contributed by atoms with Crippen LogP contribution >= 0.6 is 11.8 Å². The predicted octanol–water partition coefficient (Wildman–Crippen LogP) is 2.68. The van der Waals surface area contributed by atoms with Crippen LogP contribution in [-0.2, 0) is 11.3 Å². The summed E-state index contributed by atoms with van der Waals surface area (Å²) in [5.41, 5.74) is 2.32. The van der Waals surface area contributed by atoms with Crippen LogP contribution in [0.2, 0.25) is 0 Å². The Morgan fingerprint density at radius 3 is 2.44 bits per heavy atom. The number of carboxylic acid groups (broad SMARTS) is 1. The van der Waals surface area contributed by atoms with Crippen LogP contribution in [0.1, 0.15) is 25.0 Å². The summed E-state index contributed by atoms with van der Waals surface area (Å²) in [7, 11) is 0. The van der Waals surface area contributed by atoms with Gasteiger partial charge in [0, 0.05) is 12.3 Å². The third-order valence-corrected chi connectivity index (χ3v) is 3.76. The number of hydrogen-bond donors (Lipinski definition) is 2. The summed E-state index contributed by atoms with van der Waals surface area (Å²) >= 11 is 1.66. The lowest BCUT2D eigenvalue weighted by Gasteiger charge is -2.15. The highest BCUT2D eigenvalue weighted by molar-refractivity contribution is 7.99. The van der Waals surface area contributed by atoms with Crippen LogP contribution in [0.15, 0.2) is 24.3 Å². The van der Waals surface area contributed by atoms with E-state index in [1.54, 1.807) is 11.8 Å². The van der Waals surface area contributed by atoms with Gasteiger partial charge in [0.15, 0.2) is 0 Å². The molecule has 2 N–H and O–H groups in total. The van der Waals surface area contributed by atoms with E-state index in [2.05, 4.69) is 19.2 Å². The molecule has 0 unspecified atom stereocenters. The van der Waals surface area contributed by atoms with Crippen molar-refractivity contribution in [3.8, 4) is 0 Å². The standard InChI is InChI=1S/C14H21NO2S/c1-10(2)18-9-13(14(16)17)15-8-12-6-4-11(3)5-7-12/h4-7,10,13,15H,8-9H2,1-3H3,(H,16,17)/t13-/m0/s1. The molecule has 4 heteroatoms. The normalized spacial score (nSPS) is 12.7. The maximum atomic E-state index is 11.1. The number of hydrogen-bond acceptors (Lipinski definition) is 3. The fourth-order valence-electron chi connectivity index (χ4n) is 1.45.